The van der Waals surface area contributed by atoms with Crippen LogP contribution in [0.4, 0.5) is 15.2 Å². The van der Waals surface area contributed by atoms with E-state index >= 15 is 0 Å². The van der Waals surface area contributed by atoms with Gasteiger partial charge in [0.25, 0.3) is 5.91 Å². The first-order valence-electron chi connectivity index (χ1n) is 11.5. The number of nitrogens with zero attached hydrogens (tertiary/aromatic N) is 1. The van der Waals surface area contributed by atoms with Gasteiger partial charge < -0.3 is 10.6 Å². The number of rotatable bonds is 8. The Bertz CT molecular complexity index is 1370. The fourth-order valence-corrected chi connectivity index (χ4v) is 5.41. The SMILES string of the molecule is CCC(Sc1cccc(NC(=O)c2ccc(F)cc2)c1)C(=O)Nc1nc(-c2ccc(C)cc2)c(C)s1. The summed E-state index contributed by atoms with van der Waals surface area (Å²) in [6.07, 6.45) is 0.623. The van der Waals surface area contributed by atoms with Crippen LogP contribution in [-0.2, 0) is 4.79 Å². The van der Waals surface area contributed by atoms with Gasteiger partial charge >= 0.3 is 0 Å². The van der Waals surface area contributed by atoms with Crippen LogP contribution in [0.25, 0.3) is 11.3 Å². The number of benzene rings is 3. The maximum atomic E-state index is 13.1. The van der Waals surface area contributed by atoms with Crippen LogP contribution >= 0.6 is 23.1 Å². The quantitative estimate of drug-likeness (QED) is 0.239. The highest BCUT2D eigenvalue weighted by Gasteiger charge is 2.21. The Morgan fingerprint density at radius 1 is 1.00 bits per heavy atom. The predicted molar refractivity (Wildman–Crippen MR) is 146 cm³/mol. The number of thioether (sulfide) groups is 1. The van der Waals surface area contributed by atoms with Gasteiger partial charge in [0.05, 0.1) is 10.9 Å². The number of nitrogens with one attached hydrogen (secondary N) is 2. The molecule has 0 aliphatic rings. The highest BCUT2D eigenvalue weighted by Crippen LogP contribution is 2.32. The normalized spacial score (nSPS) is 11.7. The van der Waals surface area contributed by atoms with Crippen molar-refractivity contribution in [2.75, 3.05) is 10.6 Å². The third-order valence-electron chi connectivity index (χ3n) is 5.49. The zero-order chi connectivity index (χ0) is 25.7. The van der Waals surface area contributed by atoms with Crippen molar-refractivity contribution in [3.8, 4) is 11.3 Å². The minimum Gasteiger partial charge on any atom is -0.322 e. The highest BCUT2D eigenvalue weighted by molar-refractivity contribution is 8.00. The Morgan fingerprint density at radius 3 is 2.42 bits per heavy atom. The van der Waals surface area contributed by atoms with Crippen LogP contribution in [0.1, 0.15) is 34.1 Å². The van der Waals surface area contributed by atoms with E-state index in [1.807, 2.05) is 63.2 Å². The molecule has 1 heterocycles. The van der Waals surface area contributed by atoms with E-state index in [1.54, 1.807) is 6.07 Å². The Morgan fingerprint density at radius 2 is 1.72 bits per heavy atom. The van der Waals surface area contributed by atoms with Crippen LogP contribution < -0.4 is 10.6 Å². The lowest BCUT2D eigenvalue weighted by atomic mass is 10.1. The first kappa shape index (κ1) is 25.6. The van der Waals surface area contributed by atoms with Crippen LogP contribution in [-0.4, -0.2) is 22.0 Å². The van der Waals surface area contributed by atoms with E-state index in [9.17, 15) is 14.0 Å². The average molecular weight is 520 g/mol. The van der Waals surface area contributed by atoms with Crippen LogP contribution in [0.5, 0.6) is 0 Å². The van der Waals surface area contributed by atoms with Gasteiger partial charge in [-0.15, -0.1) is 23.1 Å². The molecule has 5 nitrogen and oxygen atoms in total. The van der Waals surface area contributed by atoms with E-state index in [1.165, 1.54) is 52.9 Å². The van der Waals surface area contributed by atoms with Gasteiger partial charge in [-0.25, -0.2) is 9.37 Å². The first-order valence-corrected chi connectivity index (χ1v) is 13.2. The molecule has 4 aromatic rings. The number of aromatic nitrogens is 1. The number of amides is 2. The second-order valence-electron chi connectivity index (χ2n) is 8.28. The summed E-state index contributed by atoms with van der Waals surface area (Å²) in [7, 11) is 0. The molecule has 8 heteroatoms. The highest BCUT2D eigenvalue weighted by atomic mass is 32.2. The second-order valence-corrected chi connectivity index (χ2v) is 10.8. The van der Waals surface area contributed by atoms with Gasteiger partial charge in [0, 0.05) is 26.6 Å². The standard InChI is InChI=1S/C28H26FN3O2S2/c1-4-24(27(34)32-28-31-25(18(3)35-28)19-10-8-17(2)9-11-19)36-23-7-5-6-22(16-23)30-26(33)20-12-14-21(29)15-13-20/h5-16,24H,4H2,1-3H3,(H,30,33)(H,31,32,34). The molecule has 0 saturated heterocycles. The van der Waals surface area contributed by atoms with Crippen molar-refractivity contribution in [1.82, 2.24) is 4.98 Å². The molecule has 0 radical (unpaired) electrons. The molecule has 0 fully saturated rings. The summed E-state index contributed by atoms with van der Waals surface area (Å²) in [5, 5.41) is 6.04. The summed E-state index contributed by atoms with van der Waals surface area (Å²) in [6, 6.07) is 20.9. The zero-order valence-electron chi connectivity index (χ0n) is 20.2. The summed E-state index contributed by atoms with van der Waals surface area (Å²) in [6.45, 7) is 6.00. The molecule has 184 valence electrons. The molecule has 0 aliphatic carbocycles. The van der Waals surface area contributed by atoms with Gasteiger partial charge in [-0.05, 0) is 62.7 Å². The topological polar surface area (TPSA) is 71.1 Å². The van der Waals surface area contributed by atoms with E-state index in [2.05, 4.69) is 15.6 Å². The zero-order valence-corrected chi connectivity index (χ0v) is 21.8. The number of thiazole rings is 1. The van der Waals surface area contributed by atoms with Crippen LogP contribution in [0, 0.1) is 19.7 Å². The summed E-state index contributed by atoms with van der Waals surface area (Å²) in [5.41, 5.74) is 4.05. The van der Waals surface area contributed by atoms with Crippen molar-refractivity contribution >= 4 is 45.7 Å². The van der Waals surface area contributed by atoms with Gasteiger partial charge in [0.2, 0.25) is 5.91 Å². The summed E-state index contributed by atoms with van der Waals surface area (Å²) in [5.74, 6) is -0.842. The third-order valence-corrected chi connectivity index (χ3v) is 7.74. The lowest BCUT2D eigenvalue weighted by molar-refractivity contribution is -0.115. The number of carbonyl (C=O) groups is 2. The number of aryl methyl sites for hydroxylation is 2. The molecule has 1 unspecified atom stereocenters. The van der Waals surface area contributed by atoms with E-state index in [0.717, 1.165) is 21.0 Å². The molecule has 0 saturated carbocycles. The van der Waals surface area contributed by atoms with Crippen molar-refractivity contribution < 1.29 is 14.0 Å². The molecular weight excluding hydrogens is 493 g/mol. The average Bonchev–Trinajstić information content (AvgIpc) is 3.23. The van der Waals surface area contributed by atoms with Gasteiger partial charge in [0.15, 0.2) is 5.13 Å². The lowest BCUT2D eigenvalue weighted by Crippen LogP contribution is -2.24. The molecule has 1 atom stereocenters. The fraction of sp³-hybridized carbons (Fsp3) is 0.179. The Kier molecular flexibility index (Phi) is 8.18. The monoisotopic (exact) mass is 519 g/mol. The molecular formula is C28H26FN3O2S2. The van der Waals surface area contributed by atoms with Crippen LogP contribution in [0.15, 0.2) is 77.7 Å². The van der Waals surface area contributed by atoms with Crippen molar-refractivity contribution in [3.63, 3.8) is 0 Å². The molecule has 2 amide bonds. The Hall–Kier alpha value is -3.49. The van der Waals surface area contributed by atoms with Crippen LogP contribution in [0.2, 0.25) is 0 Å². The van der Waals surface area contributed by atoms with Gasteiger partial charge in [-0.2, -0.15) is 0 Å². The smallest absolute Gasteiger partial charge is 0.255 e. The number of hydrogen-bond acceptors (Lipinski definition) is 5. The number of anilines is 2. The predicted octanol–water partition coefficient (Wildman–Crippen LogP) is 7.33. The minimum absolute atomic E-state index is 0.118. The molecule has 0 aliphatic heterocycles. The molecule has 0 bridgehead atoms. The summed E-state index contributed by atoms with van der Waals surface area (Å²) < 4.78 is 13.1. The van der Waals surface area contributed by atoms with Crippen LogP contribution in [0.3, 0.4) is 0 Å². The molecule has 0 spiro atoms. The minimum atomic E-state index is -0.395. The van der Waals surface area contributed by atoms with E-state index in [4.69, 9.17) is 0 Å². The van der Waals surface area contributed by atoms with Crippen molar-refractivity contribution in [2.24, 2.45) is 0 Å². The van der Waals surface area contributed by atoms with Gasteiger partial charge in [-0.1, -0.05) is 42.8 Å². The largest absolute Gasteiger partial charge is 0.322 e. The van der Waals surface area contributed by atoms with E-state index in [-0.39, 0.29) is 17.1 Å². The maximum Gasteiger partial charge on any atom is 0.255 e. The van der Waals surface area contributed by atoms with E-state index < -0.39 is 5.82 Å². The van der Waals surface area contributed by atoms with Crippen molar-refractivity contribution in [1.29, 1.82) is 0 Å². The second kappa shape index (κ2) is 11.5. The number of hydrogen-bond donors (Lipinski definition) is 2. The van der Waals surface area contributed by atoms with Crippen molar-refractivity contribution in [3.05, 3.63) is 94.6 Å². The number of halogens is 1. The third kappa shape index (κ3) is 6.38. The fourth-order valence-electron chi connectivity index (χ4n) is 3.55. The number of carbonyl (C=O) groups excluding carboxylic acids is 2. The Labute approximate surface area is 218 Å². The maximum absolute atomic E-state index is 13.1. The molecule has 1 aromatic heterocycles. The van der Waals surface area contributed by atoms with Gasteiger partial charge in [0.1, 0.15) is 5.82 Å². The lowest BCUT2D eigenvalue weighted by Gasteiger charge is -2.14. The molecule has 3 aromatic carbocycles. The Balaban J connectivity index is 1.41. The van der Waals surface area contributed by atoms with Gasteiger partial charge in [-0.3, -0.25) is 9.59 Å². The summed E-state index contributed by atoms with van der Waals surface area (Å²) >= 11 is 2.89. The molecule has 4 rings (SSSR count). The molecule has 36 heavy (non-hydrogen) atoms. The van der Waals surface area contributed by atoms with E-state index in [0.29, 0.717) is 22.8 Å². The first-order chi connectivity index (χ1) is 17.3. The summed E-state index contributed by atoms with van der Waals surface area (Å²) in [4.78, 5) is 32.1. The van der Waals surface area contributed by atoms with Crippen molar-refractivity contribution in [2.45, 2.75) is 37.3 Å². The molecule has 2 N–H and O–H groups in total.